The third-order valence-corrected chi connectivity index (χ3v) is 4.34. The molecule has 3 heterocycles. The summed E-state index contributed by atoms with van der Waals surface area (Å²) in [6.45, 7) is 5.06. The second-order valence-electron chi connectivity index (χ2n) is 6.31. The number of H-pyrrole nitrogens is 1. The smallest absolute Gasteiger partial charge is 0.254 e. The van der Waals surface area contributed by atoms with Crippen molar-refractivity contribution >= 4 is 11.7 Å². The SMILES string of the molecule is Cc1nc(C)c(CC(=O)NC2CCCN(c3cnccn3)C2)c(=O)[nH]1. The molecule has 1 saturated heterocycles. The van der Waals surface area contributed by atoms with Crippen LogP contribution in [0.1, 0.15) is 29.9 Å². The van der Waals surface area contributed by atoms with Crippen molar-refractivity contribution in [2.75, 3.05) is 18.0 Å². The first-order chi connectivity index (χ1) is 12.0. The van der Waals surface area contributed by atoms with Crippen molar-refractivity contribution in [3.8, 4) is 0 Å². The first kappa shape index (κ1) is 17.1. The molecule has 1 aliphatic rings. The lowest BCUT2D eigenvalue weighted by Crippen LogP contribution is -2.48. The van der Waals surface area contributed by atoms with Crippen molar-refractivity contribution in [2.24, 2.45) is 0 Å². The largest absolute Gasteiger partial charge is 0.353 e. The Kier molecular flexibility index (Phi) is 5.06. The van der Waals surface area contributed by atoms with Gasteiger partial charge in [-0.15, -0.1) is 0 Å². The zero-order valence-electron chi connectivity index (χ0n) is 14.5. The summed E-state index contributed by atoms with van der Waals surface area (Å²) in [5, 5.41) is 3.03. The fraction of sp³-hybridized carbons (Fsp3) is 0.471. The Morgan fingerprint density at radius 2 is 2.24 bits per heavy atom. The summed E-state index contributed by atoms with van der Waals surface area (Å²) in [5.41, 5.74) is 0.774. The molecular weight excluding hydrogens is 320 g/mol. The van der Waals surface area contributed by atoms with Crippen molar-refractivity contribution in [1.29, 1.82) is 0 Å². The van der Waals surface area contributed by atoms with Crippen LogP contribution >= 0.6 is 0 Å². The highest BCUT2D eigenvalue weighted by Gasteiger charge is 2.23. The highest BCUT2D eigenvalue weighted by atomic mass is 16.2. The average molecular weight is 342 g/mol. The molecule has 1 fully saturated rings. The van der Waals surface area contributed by atoms with Crippen molar-refractivity contribution in [1.82, 2.24) is 25.3 Å². The third kappa shape index (κ3) is 4.20. The van der Waals surface area contributed by atoms with E-state index in [0.29, 0.717) is 23.6 Å². The van der Waals surface area contributed by atoms with Crippen molar-refractivity contribution in [3.05, 3.63) is 46.0 Å². The van der Waals surface area contributed by atoms with Crippen LogP contribution < -0.4 is 15.8 Å². The maximum atomic E-state index is 12.4. The predicted octanol–water partition coefficient (Wildman–Crippen LogP) is 0.504. The number of nitrogens with zero attached hydrogens (tertiary/aromatic N) is 4. The molecule has 1 unspecified atom stereocenters. The summed E-state index contributed by atoms with van der Waals surface area (Å²) in [4.78, 5) is 41.8. The van der Waals surface area contributed by atoms with Crippen LogP contribution in [0.2, 0.25) is 0 Å². The topological polar surface area (TPSA) is 104 Å². The van der Waals surface area contributed by atoms with Gasteiger partial charge in [-0.25, -0.2) is 9.97 Å². The van der Waals surface area contributed by atoms with Gasteiger partial charge in [-0.3, -0.25) is 14.6 Å². The van der Waals surface area contributed by atoms with Crippen LogP contribution in [0.25, 0.3) is 0 Å². The minimum atomic E-state index is -0.245. The summed E-state index contributed by atoms with van der Waals surface area (Å²) in [6.07, 6.45) is 6.94. The van der Waals surface area contributed by atoms with E-state index in [4.69, 9.17) is 0 Å². The van der Waals surface area contributed by atoms with Gasteiger partial charge >= 0.3 is 0 Å². The number of hydrogen-bond acceptors (Lipinski definition) is 6. The highest BCUT2D eigenvalue weighted by molar-refractivity contribution is 5.79. The molecule has 0 aromatic carbocycles. The lowest BCUT2D eigenvalue weighted by Gasteiger charge is -2.33. The van der Waals surface area contributed by atoms with E-state index < -0.39 is 0 Å². The molecule has 8 heteroatoms. The van der Waals surface area contributed by atoms with Gasteiger partial charge in [0, 0.05) is 42.8 Å². The highest BCUT2D eigenvalue weighted by Crippen LogP contribution is 2.16. The van der Waals surface area contributed by atoms with Crippen LogP contribution in [0, 0.1) is 13.8 Å². The van der Waals surface area contributed by atoms with E-state index >= 15 is 0 Å². The fourth-order valence-electron chi connectivity index (χ4n) is 3.16. The molecule has 0 aliphatic carbocycles. The number of carbonyl (C=O) groups is 1. The van der Waals surface area contributed by atoms with E-state index in [-0.39, 0.29) is 23.9 Å². The Morgan fingerprint density at radius 1 is 1.40 bits per heavy atom. The number of aromatic nitrogens is 4. The minimum absolute atomic E-state index is 0.0288. The summed E-state index contributed by atoms with van der Waals surface area (Å²) < 4.78 is 0. The second kappa shape index (κ2) is 7.42. The van der Waals surface area contributed by atoms with Crippen LogP contribution in [0.4, 0.5) is 5.82 Å². The van der Waals surface area contributed by atoms with Crippen molar-refractivity contribution < 1.29 is 4.79 Å². The van der Waals surface area contributed by atoms with E-state index in [1.807, 2.05) is 0 Å². The van der Waals surface area contributed by atoms with Gasteiger partial charge in [0.1, 0.15) is 11.6 Å². The first-order valence-electron chi connectivity index (χ1n) is 8.39. The fourth-order valence-corrected chi connectivity index (χ4v) is 3.16. The van der Waals surface area contributed by atoms with Gasteiger partial charge in [0.25, 0.3) is 5.56 Å². The lowest BCUT2D eigenvalue weighted by molar-refractivity contribution is -0.121. The molecule has 1 aliphatic heterocycles. The summed E-state index contributed by atoms with van der Waals surface area (Å²) >= 11 is 0. The van der Waals surface area contributed by atoms with Crippen molar-refractivity contribution in [3.63, 3.8) is 0 Å². The van der Waals surface area contributed by atoms with Crippen LogP contribution in [0.15, 0.2) is 23.4 Å². The number of aromatic amines is 1. The summed E-state index contributed by atoms with van der Waals surface area (Å²) in [6, 6.07) is 0.0288. The molecule has 2 aromatic rings. The van der Waals surface area contributed by atoms with Gasteiger partial charge in [-0.2, -0.15) is 0 Å². The Morgan fingerprint density at radius 3 is 2.96 bits per heavy atom. The van der Waals surface area contributed by atoms with Crippen LogP contribution in [0.3, 0.4) is 0 Å². The van der Waals surface area contributed by atoms with Gasteiger partial charge in [0.05, 0.1) is 12.6 Å². The molecule has 25 heavy (non-hydrogen) atoms. The zero-order valence-corrected chi connectivity index (χ0v) is 14.5. The molecule has 8 nitrogen and oxygen atoms in total. The molecule has 0 radical (unpaired) electrons. The quantitative estimate of drug-likeness (QED) is 0.839. The average Bonchev–Trinajstić information content (AvgIpc) is 2.59. The van der Waals surface area contributed by atoms with Gasteiger partial charge in [0.15, 0.2) is 0 Å². The Balaban J connectivity index is 1.62. The molecule has 0 saturated carbocycles. The standard InChI is InChI=1S/C17H22N6O2/c1-11-14(17(25)21-12(2)20-11)8-16(24)22-13-4-3-7-23(10-13)15-9-18-5-6-19-15/h5-6,9,13H,3-4,7-8,10H2,1-2H3,(H,22,24)(H,20,21,25). The molecular formula is C17H22N6O2. The number of carbonyl (C=O) groups excluding carboxylic acids is 1. The molecule has 1 amide bonds. The molecule has 2 aromatic heterocycles. The normalized spacial score (nSPS) is 17.4. The molecule has 3 rings (SSSR count). The maximum absolute atomic E-state index is 12.4. The van der Waals surface area contributed by atoms with Crippen molar-refractivity contribution in [2.45, 2.75) is 39.2 Å². The number of piperidine rings is 1. The van der Waals surface area contributed by atoms with E-state index in [1.165, 1.54) is 0 Å². The predicted molar refractivity (Wildman–Crippen MR) is 93.4 cm³/mol. The summed E-state index contributed by atoms with van der Waals surface area (Å²) in [5.74, 6) is 1.21. The van der Waals surface area contributed by atoms with Gasteiger partial charge in [-0.05, 0) is 26.7 Å². The molecule has 0 bridgehead atoms. The lowest BCUT2D eigenvalue weighted by atomic mass is 10.0. The molecule has 132 valence electrons. The Labute approximate surface area is 145 Å². The Bertz CT molecular complexity index is 805. The summed E-state index contributed by atoms with van der Waals surface area (Å²) in [7, 11) is 0. The molecule has 1 atom stereocenters. The Hall–Kier alpha value is -2.77. The zero-order chi connectivity index (χ0) is 17.8. The van der Waals surface area contributed by atoms with E-state index in [0.717, 1.165) is 25.2 Å². The number of aryl methyl sites for hydroxylation is 2. The number of anilines is 1. The van der Waals surface area contributed by atoms with Gasteiger partial charge < -0.3 is 15.2 Å². The molecule has 2 N–H and O–H groups in total. The van der Waals surface area contributed by atoms with Crippen LogP contribution in [-0.2, 0) is 11.2 Å². The van der Waals surface area contributed by atoms with Crippen LogP contribution in [-0.4, -0.2) is 45.0 Å². The number of hydrogen-bond donors (Lipinski definition) is 2. The van der Waals surface area contributed by atoms with E-state index in [2.05, 4.69) is 30.2 Å². The number of amides is 1. The van der Waals surface area contributed by atoms with Crippen LogP contribution in [0.5, 0.6) is 0 Å². The van der Waals surface area contributed by atoms with Gasteiger partial charge in [-0.1, -0.05) is 0 Å². The monoisotopic (exact) mass is 342 g/mol. The number of nitrogens with one attached hydrogen (secondary N) is 2. The van der Waals surface area contributed by atoms with Gasteiger partial charge in [0.2, 0.25) is 5.91 Å². The second-order valence-corrected chi connectivity index (χ2v) is 6.31. The third-order valence-electron chi connectivity index (χ3n) is 4.34. The maximum Gasteiger partial charge on any atom is 0.254 e. The minimum Gasteiger partial charge on any atom is -0.353 e. The number of rotatable bonds is 4. The van der Waals surface area contributed by atoms with E-state index in [9.17, 15) is 9.59 Å². The van der Waals surface area contributed by atoms with E-state index in [1.54, 1.807) is 32.4 Å². The molecule has 0 spiro atoms. The first-order valence-corrected chi connectivity index (χ1v) is 8.39.